The predicted octanol–water partition coefficient (Wildman–Crippen LogP) is 3.44. The van der Waals surface area contributed by atoms with Crippen molar-refractivity contribution >= 4 is 17.6 Å². The third-order valence-electron chi connectivity index (χ3n) is 5.36. The summed E-state index contributed by atoms with van der Waals surface area (Å²) in [5, 5.41) is 11.2. The number of aromatic nitrogens is 2. The normalized spacial score (nSPS) is 39.7. The number of rotatable bonds is 4. The molecule has 104 valence electrons. The van der Waals surface area contributed by atoms with E-state index in [1.165, 1.54) is 38.5 Å². The van der Waals surface area contributed by atoms with Crippen molar-refractivity contribution in [3.05, 3.63) is 5.89 Å². The minimum absolute atomic E-state index is 0.284. The number of hydrogen-bond donors (Lipinski definition) is 1. The fourth-order valence-electron chi connectivity index (χ4n) is 5.15. The van der Waals surface area contributed by atoms with Crippen LogP contribution in [0.4, 0.5) is 6.01 Å². The molecule has 4 nitrogen and oxygen atoms in total. The van der Waals surface area contributed by atoms with E-state index in [4.69, 9.17) is 16.0 Å². The van der Waals surface area contributed by atoms with Gasteiger partial charge in [0, 0.05) is 6.54 Å². The zero-order chi connectivity index (χ0) is 12.9. The number of alkyl halides is 1. The summed E-state index contributed by atoms with van der Waals surface area (Å²) in [5.74, 6) is 3.72. The second kappa shape index (κ2) is 4.37. The lowest BCUT2D eigenvalue weighted by atomic mass is 9.49. The molecule has 0 atom stereocenters. The number of halogens is 1. The van der Waals surface area contributed by atoms with Crippen molar-refractivity contribution in [2.24, 2.45) is 23.2 Å². The van der Waals surface area contributed by atoms with Gasteiger partial charge in [0.1, 0.15) is 5.88 Å². The molecule has 4 fully saturated rings. The zero-order valence-electron chi connectivity index (χ0n) is 11.1. The van der Waals surface area contributed by atoms with E-state index in [9.17, 15) is 0 Å². The Labute approximate surface area is 118 Å². The van der Waals surface area contributed by atoms with Gasteiger partial charge in [-0.3, -0.25) is 0 Å². The van der Waals surface area contributed by atoms with Crippen LogP contribution in [0.1, 0.15) is 44.4 Å². The molecule has 0 amide bonds. The van der Waals surface area contributed by atoms with E-state index < -0.39 is 0 Å². The summed E-state index contributed by atoms with van der Waals surface area (Å²) in [6.45, 7) is 0.987. The van der Waals surface area contributed by atoms with E-state index in [1.54, 1.807) is 0 Å². The van der Waals surface area contributed by atoms with Gasteiger partial charge in [-0.05, 0) is 61.7 Å². The Morgan fingerprint density at radius 1 is 1.11 bits per heavy atom. The Morgan fingerprint density at radius 3 is 2.26 bits per heavy atom. The van der Waals surface area contributed by atoms with Crippen molar-refractivity contribution in [3.63, 3.8) is 0 Å². The van der Waals surface area contributed by atoms with E-state index in [0.29, 0.717) is 17.3 Å². The smallest absolute Gasteiger partial charge is 0.315 e. The minimum atomic E-state index is 0.284. The van der Waals surface area contributed by atoms with Crippen LogP contribution in [-0.4, -0.2) is 16.7 Å². The van der Waals surface area contributed by atoms with Gasteiger partial charge in [0.25, 0.3) is 0 Å². The molecule has 0 saturated heterocycles. The summed E-state index contributed by atoms with van der Waals surface area (Å²) >= 11 is 5.67. The maximum Gasteiger partial charge on any atom is 0.315 e. The van der Waals surface area contributed by atoms with Gasteiger partial charge in [0.15, 0.2) is 0 Å². The van der Waals surface area contributed by atoms with Crippen LogP contribution < -0.4 is 5.32 Å². The standard InChI is InChI=1S/C14H20ClN3O/c15-7-12-17-18-13(19-12)16-8-14-4-9-1-10(5-14)3-11(2-9)6-14/h9-11H,1-8H2,(H,16,18). The molecule has 19 heavy (non-hydrogen) atoms. The van der Waals surface area contributed by atoms with Crippen molar-refractivity contribution in [1.82, 2.24) is 10.2 Å². The average molecular weight is 282 g/mol. The number of nitrogens with zero attached hydrogens (tertiary/aromatic N) is 2. The number of nitrogens with one attached hydrogen (secondary N) is 1. The lowest BCUT2D eigenvalue weighted by Gasteiger charge is -2.56. The molecule has 5 rings (SSSR count). The second-order valence-electron chi connectivity index (χ2n) is 6.91. The molecule has 4 aliphatic rings. The van der Waals surface area contributed by atoms with Gasteiger partial charge in [0.05, 0.1) is 0 Å². The Hall–Kier alpha value is -0.770. The molecule has 5 heteroatoms. The van der Waals surface area contributed by atoms with E-state index in [-0.39, 0.29) is 5.88 Å². The molecule has 0 aromatic carbocycles. The van der Waals surface area contributed by atoms with E-state index in [0.717, 1.165) is 24.3 Å². The summed E-state index contributed by atoms with van der Waals surface area (Å²) in [4.78, 5) is 0. The van der Waals surface area contributed by atoms with E-state index in [2.05, 4.69) is 15.5 Å². The van der Waals surface area contributed by atoms with Crippen LogP contribution in [0.2, 0.25) is 0 Å². The first-order valence-electron chi connectivity index (χ1n) is 7.37. The second-order valence-corrected chi connectivity index (χ2v) is 7.17. The van der Waals surface area contributed by atoms with Crippen LogP contribution in [0, 0.1) is 23.2 Å². The molecule has 1 aromatic rings. The molecule has 4 bridgehead atoms. The van der Waals surface area contributed by atoms with Crippen LogP contribution in [0.5, 0.6) is 0 Å². The van der Waals surface area contributed by atoms with Crippen LogP contribution in [0.3, 0.4) is 0 Å². The lowest BCUT2D eigenvalue weighted by molar-refractivity contribution is -0.0446. The molecular weight excluding hydrogens is 262 g/mol. The van der Waals surface area contributed by atoms with Gasteiger partial charge in [-0.1, -0.05) is 5.10 Å². The predicted molar refractivity (Wildman–Crippen MR) is 72.9 cm³/mol. The Kier molecular flexibility index (Phi) is 2.76. The quantitative estimate of drug-likeness (QED) is 0.859. The molecule has 0 spiro atoms. The molecule has 4 aliphatic carbocycles. The van der Waals surface area contributed by atoms with Crippen LogP contribution in [0.25, 0.3) is 0 Å². The van der Waals surface area contributed by atoms with E-state index in [1.807, 2.05) is 0 Å². The molecule has 1 N–H and O–H groups in total. The van der Waals surface area contributed by atoms with Crippen LogP contribution in [0.15, 0.2) is 4.42 Å². The molecule has 0 aliphatic heterocycles. The number of hydrogen-bond acceptors (Lipinski definition) is 4. The maximum atomic E-state index is 5.67. The third-order valence-corrected chi connectivity index (χ3v) is 5.59. The van der Waals surface area contributed by atoms with Gasteiger partial charge < -0.3 is 9.73 Å². The van der Waals surface area contributed by atoms with Gasteiger partial charge in [-0.2, -0.15) is 0 Å². The maximum absolute atomic E-state index is 5.67. The summed E-state index contributed by atoms with van der Waals surface area (Å²) in [6.07, 6.45) is 8.62. The fraction of sp³-hybridized carbons (Fsp3) is 0.857. The average Bonchev–Trinajstić information content (AvgIpc) is 2.83. The summed E-state index contributed by atoms with van der Waals surface area (Å²) in [7, 11) is 0. The molecular formula is C14H20ClN3O. The van der Waals surface area contributed by atoms with Crippen molar-refractivity contribution in [2.75, 3.05) is 11.9 Å². The van der Waals surface area contributed by atoms with Crippen LogP contribution >= 0.6 is 11.6 Å². The van der Waals surface area contributed by atoms with Crippen molar-refractivity contribution in [3.8, 4) is 0 Å². The van der Waals surface area contributed by atoms with Crippen molar-refractivity contribution < 1.29 is 4.42 Å². The number of anilines is 1. The summed E-state index contributed by atoms with van der Waals surface area (Å²) < 4.78 is 5.43. The highest BCUT2D eigenvalue weighted by molar-refractivity contribution is 6.16. The van der Waals surface area contributed by atoms with Gasteiger partial charge in [-0.15, -0.1) is 16.7 Å². The summed E-state index contributed by atoms with van der Waals surface area (Å²) in [6, 6.07) is 0.534. The van der Waals surface area contributed by atoms with E-state index >= 15 is 0 Å². The van der Waals surface area contributed by atoms with Gasteiger partial charge >= 0.3 is 6.01 Å². The topological polar surface area (TPSA) is 51.0 Å². The minimum Gasteiger partial charge on any atom is -0.407 e. The highest BCUT2D eigenvalue weighted by Gasteiger charge is 2.50. The highest BCUT2D eigenvalue weighted by atomic mass is 35.5. The molecule has 0 radical (unpaired) electrons. The third kappa shape index (κ3) is 2.14. The first kappa shape index (κ1) is 12.0. The SMILES string of the molecule is ClCc1nnc(NCC23CC4CC(CC(C4)C2)C3)o1. The van der Waals surface area contributed by atoms with Crippen LogP contribution in [-0.2, 0) is 5.88 Å². The van der Waals surface area contributed by atoms with Crippen molar-refractivity contribution in [1.29, 1.82) is 0 Å². The fourth-order valence-corrected chi connectivity index (χ4v) is 5.26. The summed E-state index contributed by atoms with van der Waals surface area (Å²) in [5.41, 5.74) is 0.490. The zero-order valence-corrected chi connectivity index (χ0v) is 11.8. The molecule has 1 heterocycles. The monoisotopic (exact) mass is 281 g/mol. The van der Waals surface area contributed by atoms with Gasteiger partial charge in [-0.25, -0.2) is 0 Å². The van der Waals surface area contributed by atoms with Crippen molar-refractivity contribution in [2.45, 2.75) is 44.4 Å². The van der Waals surface area contributed by atoms with Gasteiger partial charge in [0.2, 0.25) is 5.89 Å². The Morgan fingerprint density at radius 2 is 1.74 bits per heavy atom. The first-order valence-corrected chi connectivity index (χ1v) is 7.90. The lowest BCUT2D eigenvalue weighted by Crippen LogP contribution is -2.49. The molecule has 0 unspecified atom stereocenters. The largest absolute Gasteiger partial charge is 0.407 e. The first-order chi connectivity index (χ1) is 9.25. The molecule has 1 aromatic heterocycles. The highest BCUT2D eigenvalue weighted by Crippen LogP contribution is 2.59. The Balaban J connectivity index is 1.44. The molecule has 4 saturated carbocycles. The Bertz CT molecular complexity index is 438.